The maximum absolute atomic E-state index is 10.1. The first-order valence-corrected chi connectivity index (χ1v) is 9.34. The zero-order valence-corrected chi connectivity index (χ0v) is 16.1. The van der Waals surface area contributed by atoms with Gasteiger partial charge in [0.05, 0.1) is 5.69 Å². The van der Waals surface area contributed by atoms with Gasteiger partial charge in [0.1, 0.15) is 17.6 Å². The number of fused-ring (bicyclic) bond motifs is 1. The molecular weight excluding hydrogens is 358 g/mol. The Morgan fingerprint density at radius 3 is 2.48 bits per heavy atom. The van der Waals surface area contributed by atoms with Crippen molar-refractivity contribution in [2.24, 2.45) is 0 Å². The molecule has 3 N–H and O–H groups in total. The van der Waals surface area contributed by atoms with Gasteiger partial charge in [-0.3, -0.25) is 0 Å². The zero-order valence-electron chi connectivity index (χ0n) is 15.2. The molecule has 0 unspecified atom stereocenters. The Hall–Kier alpha value is -3.19. The SMILES string of the molecule is Cc1ccc(Nc2ncnc3sc(Nc4c(C)cccc4C)nc23)c(O)c1. The molecule has 0 aliphatic rings. The van der Waals surface area contributed by atoms with Crippen molar-refractivity contribution in [2.45, 2.75) is 20.8 Å². The topological polar surface area (TPSA) is 83.0 Å². The molecule has 2 aromatic heterocycles. The fraction of sp³-hybridized carbons (Fsp3) is 0.150. The molecule has 4 aromatic rings. The van der Waals surface area contributed by atoms with Crippen molar-refractivity contribution in [3.63, 3.8) is 0 Å². The highest BCUT2D eigenvalue weighted by atomic mass is 32.1. The fourth-order valence-electron chi connectivity index (χ4n) is 2.89. The second kappa shape index (κ2) is 6.85. The summed E-state index contributed by atoms with van der Waals surface area (Å²) >= 11 is 1.47. The third-order valence-corrected chi connectivity index (χ3v) is 5.19. The Morgan fingerprint density at radius 1 is 0.963 bits per heavy atom. The number of rotatable bonds is 4. The lowest BCUT2D eigenvalue weighted by Crippen LogP contribution is -1.97. The van der Waals surface area contributed by atoms with Crippen LogP contribution in [0.4, 0.5) is 22.3 Å². The van der Waals surface area contributed by atoms with E-state index >= 15 is 0 Å². The standard InChI is InChI=1S/C20H19N5OS/c1-11-7-8-14(15(26)9-11)23-18-17-19(22-10-21-18)27-20(25-17)24-16-12(2)5-4-6-13(16)3/h4-10,26H,1-3H3,(H,24,25)(H,21,22,23). The van der Waals surface area contributed by atoms with Gasteiger partial charge in [0.2, 0.25) is 0 Å². The van der Waals surface area contributed by atoms with E-state index in [1.165, 1.54) is 17.7 Å². The van der Waals surface area contributed by atoms with Gasteiger partial charge in [0.15, 0.2) is 15.8 Å². The van der Waals surface area contributed by atoms with Crippen molar-refractivity contribution >= 4 is 44.0 Å². The molecule has 136 valence electrons. The van der Waals surface area contributed by atoms with Crippen LogP contribution in [0.2, 0.25) is 0 Å². The van der Waals surface area contributed by atoms with Gasteiger partial charge in [-0.15, -0.1) is 0 Å². The molecule has 4 rings (SSSR count). The second-order valence-corrected chi connectivity index (χ2v) is 7.41. The summed E-state index contributed by atoms with van der Waals surface area (Å²) < 4.78 is 0. The van der Waals surface area contributed by atoms with E-state index in [1.807, 2.05) is 25.1 Å². The molecule has 0 saturated heterocycles. The maximum Gasteiger partial charge on any atom is 0.189 e. The minimum atomic E-state index is 0.172. The molecule has 0 bridgehead atoms. The number of anilines is 4. The Labute approximate surface area is 161 Å². The van der Waals surface area contributed by atoms with Crippen LogP contribution in [-0.2, 0) is 0 Å². The molecule has 0 saturated carbocycles. The molecular formula is C20H19N5OS. The van der Waals surface area contributed by atoms with Crippen molar-refractivity contribution in [2.75, 3.05) is 10.6 Å². The number of hydrogen-bond acceptors (Lipinski definition) is 7. The van der Waals surface area contributed by atoms with Crippen LogP contribution in [0, 0.1) is 20.8 Å². The predicted octanol–water partition coefficient (Wildman–Crippen LogP) is 5.20. The largest absolute Gasteiger partial charge is 0.506 e. The van der Waals surface area contributed by atoms with Gasteiger partial charge in [-0.2, -0.15) is 0 Å². The molecule has 0 atom stereocenters. The summed E-state index contributed by atoms with van der Waals surface area (Å²) in [7, 11) is 0. The van der Waals surface area contributed by atoms with Crippen LogP contribution in [0.3, 0.4) is 0 Å². The van der Waals surface area contributed by atoms with Gasteiger partial charge in [-0.25, -0.2) is 15.0 Å². The van der Waals surface area contributed by atoms with Gasteiger partial charge in [-0.1, -0.05) is 35.6 Å². The summed E-state index contributed by atoms with van der Waals surface area (Å²) in [5, 5.41) is 17.5. The number of aryl methyl sites for hydroxylation is 3. The Balaban J connectivity index is 1.70. The van der Waals surface area contributed by atoms with Crippen molar-refractivity contribution in [1.29, 1.82) is 0 Å². The van der Waals surface area contributed by atoms with Crippen molar-refractivity contribution < 1.29 is 5.11 Å². The Bertz CT molecular complexity index is 1120. The molecule has 0 aliphatic carbocycles. The Kier molecular flexibility index (Phi) is 4.37. The number of hydrogen-bond donors (Lipinski definition) is 3. The third-order valence-electron chi connectivity index (χ3n) is 4.31. The summed E-state index contributed by atoms with van der Waals surface area (Å²) in [6, 6.07) is 11.6. The zero-order chi connectivity index (χ0) is 19.0. The summed E-state index contributed by atoms with van der Waals surface area (Å²) in [6.07, 6.45) is 1.50. The number of aromatic nitrogens is 3. The van der Waals surface area contributed by atoms with Gasteiger partial charge in [-0.05, 0) is 49.6 Å². The van der Waals surface area contributed by atoms with Crippen LogP contribution in [0.15, 0.2) is 42.7 Å². The quantitative estimate of drug-likeness (QED) is 0.424. The van der Waals surface area contributed by atoms with Crippen LogP contribution < -0.4 is 10.6 Å². The Morgan fingerprint density at radius 2 is 1.74 bits per heavy atom. The summed E-state index contributed by atoms with van der Waals surface area (Å²) in [4.78, 5) is 14.1. The first-order chi connectivity index (χ1) is 13.0. The lowest BCUT2D eigenvalue weighted by Gasteiger charge is -2.09. The maximum atomic E-state index is 10.1. The predicted molar refractivity (Wildman–Crippen MR) is 111 cm³/mol. The van der Waals surface area contributed by atoms with Gasteiger partial charge in [0, 0.05) is 5.69 Å². The highest BCUT2D eigenvalue weighted by molar-refractivity contribution is 7.21. The smallest absolute Gasteiger partial charge is 0.189 e. The van der Waals surface area contributed by atoms with Gasteiger partial charge >= 0.3 is 0 Å². The first-order valence-electron chi connectivity index (χ1n) is 8.52. The van der Waals surface area contributed by atoms with E-state index in [0.717, 1.165) is 32.3 Å². The molecule has 6 nitrogen and oxygen atoms in total. The third kappa shape index (κ3) is 3.41. The molecule has 27 heavy (non-hydrogen) atoms. The number of aromatic hydroxyl groups is 1. The van der Waals surface area contributed by atoms with Crippen LogP contribution in [-0.4, -0.2) is 20.1 Å². The van der Waals surface area contributed by atoms with E-state index in [4.69, 9.17) is 0 Å². The normalized spacial score (nSPS) is 10.9. The van der Waals surface area contributed by atoms with Crippen LogP contribution in [0.25, 0.3) is 10.3 Å². The van der Waals surface area contributed by atoms with E-state index in [1.54, 1.807) is 6.07 Å². The van der Waals surface area contributed by atoms with Crippen molar-refractivity contribution in [3.05, 3.63) is 59.4 Å². The number of phenols is 1. The molecule has 0 radical (unpaired) electrons. The number of benzene rings is 2. The van der Waals surface area contributed by atoms with Gasteiger partial charge in [0.25, 0.3) is 0 Å². The number of thiazole rings is 1. The molecule has 2 heterocycles. The van der Waals surface area contributed by atoms with Crippen molar-refractivity contribution in [3.8, 4) is 5.75 Å². The van der Waals surface area contributed by atoms with E-state index < -0.39 is 0 Å². The van der Waals surface area contributed by atoms with E-state index in [0.29, 0.717) is 17.0 Å². The molecule has 0 aliphatic heterocycles. The number of nitrogens with zero attached hydrogens (tertiary/aromatic N) is 3. The van der Waals surface area contributed by atoms with E-state index in [9.17, 15) is 5.11 Å². The van der Waals surface area contributed by atoms with Crippen LogP contribution in [0.1, 0.15) is 16.7 Å². The molecule has 7 heteroatoms. The molecule has 0 amide bonds. The fourth-order valence-corrected chi connectivity index (χ4v) is 3.70. The average Bonchev–Trinajstić information content (AvgIpc) is 3.04. The lowest BCUT2D eigenvalue weighted by molar-refractivity contribution is 0.477. The summed E-state index contributed by atoms with van der Waals surface area (Å²) in [5.74, 6) is 0.732. The minimum absolute atomic E-state index is 0.172. The van der Waals surface area contributed by atoms with Gasteiger partial charge < -0.3 is 15.7 Å². The number of phenolic OH excluding ortho intramolecular Hbond substituents is 1. The first kappa shape index (κ1) is 17.2. The highest BCUT2D eigenvalue weighted by Gasteiger charge is 2.13. The summed E-state index contributed by atoms with van der Waals surface area (Å²) in [6.45, 7) is 6.06. The lowest BCUT2D eigenvalue weighted by atomic mass is 10.1. The van der Waals surface area contributed by atoms with Crippen LogP contribution >= 0.6 is 11.3 Å². The highest BCUT2D eigenvalue weighted by Crippen LogP contribution is 2.34. The van der Waals surface area contributed by atoms with E-state index in [-0.39, 0.29) is 5.75 Å². The van der Waals surface area contributed by atoms with Crippen LogP contribution in [0.5, 0.6) is 5.75 Å². The number of nitrogens with one attached hydrogen (secondary N) is 2. The van der Waals surface area contributed by atoms with E-state index in [2.05, 4.69) is 51.6 Å². The minimum Gasteiger partial charge on any atom is -0.506 e. The monoisotopic (exact) mass is 377 g/mol. The second-order valence-electron chi connectivity index (χ2n) is 6.43. The molecule has 0 spiro atoms. The molecule has 2 aromatic carbocycles. The molecule has 0 fully saturated rings. The van der Waals surface area contributed by atoms with Crippen molar-refractivity contribution in [1.82, 2.24) is 15.0 Å². The number of para-hydroxylation sites is 1. The summed E-state index contributed by atoms with van der Waals surface area (Å²) in [5.41, 5.74) is 5.59. The average molecular weight is 377 g/mol.